The summed E-state index contributed by atoms with van der Waals surface area (Å²) in [7, 11) is 0. The van der Waals surface area contributed by atoms with Gasteiger partial charge in [-0.25, -0.2) is 0 Å². The van der Waals surface area contributed by atoms with Gasteiger partial charge in [0.2, 0.25) is 0 Å². The van der Waals surface area contributed by atoms with Gasteiger partial charge in [-0.2, -0.15) is 0 Å². The van der Waals surface area contributed by atoms with Crippen LogP contribution in [0.2, 0.25) is 0 Å². The van der Waals surface area contributed by atoms with Gasteiger partial charge in [0.15, 0.2) is 0 Å². The van der Waals surface area contributed by atoms with Crippen LogP contribution in [0.5, 0.6) is 0 Å². The molecule has 3 heteroatoms. The monoisotopic (exact) mass is 254 g/mol. The molecule has 76 valence electrons. The van der Waals surface area contributed by atoms with E-state index in [9.17, 15) is 0 Å². The van der Waals surface area contributed by atoms with E-state index in [0.29, 0.717) is 5.92 Å². The molecule has 0 spiro atoms. The highest BCUT2D eigenvalue weighted by molar-refractivity contribution is 9.10. The van der Waals surface area contributed by atoms with Gasteiger partial charge in [-0.3, -0.25) is 0 Å². The van der Waals surface area contributed by atoms with E-state index in [1.807, 2.05) is 0 Å². The van der Waals surface area contributed by atoms with Crippen molar-refractivity contribution in [2.75, 3.05) is 26.2 Å². The third-order valence-corrected chi connectivity index (χ3v) is 3.33. The minimum Gasteiger partial charge on any atom is -0.315 e. The van der Waals surface area contributed by atoms with Gasteiger partial charge >= 0.3 is 0 Å². The molecule has 1 aromatic rings. The summed E-state index contributed by atoms with van der Waals surface area (Å²) in [6, 6.07) is 8.47. The maximum Gasteiger partial charge on any atom is 0.0211 e. The average Bonchev–Trinajstić information content (AvgIpc) is 2.47. The lowest BCUT2D eigenvalue weighted by Crippen LogP contribution is -2.21. The molecule has 1 saturated heterocycles. The minimum atomic E-state index is 0.577. The van der Waals surface area contributed by atoms with Crippen molar-refractivity contribution < 1.29 is 0 Å². The van der Waals surface area contributed by atoms with Crippen molar-refractivity contribution >= 4 is 15.9 Å². The van der Waals surface area contributed by atoms with Gasteiger partial charge in [0, 0.05) is 36.6 Å². The fourth-order valence-electron chi connectivity index (χ4n) is 1.83. The molecule has 0 aliphatic carbocycles. The minimum absolute atomic E-state index is 0.577. The highest BCUT2D eigenvalue weighted by Crippen LogP contribution is 2.24. The van der Waals surface area contributed by atoms with Crippen molar-refractivity contribution in [3.8, 4) is 0 Å². The fraction of sp³-hybridized carbons (Fsp3) is 0.455. The predicted octanol–water partition coefficient (Wildman–Crippen LogP) is 1.73. The molecular weight excluding hydrogens is 240 g/mol. The molecular formula is C11H15BrN2. The van der Waals surface area contributed by atoms with E-state index in [1.165, 1.54) is 10.0 Å². The Morgan fingerprint density at radius 1 is 1.07 bits per heavy atom. The fourth-order valence-corrected chi connectivity index (χ4v) is 2.44. The molecule has 0 saturated carbocycles. The number of halogens is 1. The zero-order valence-electron chi connectivity index (χ0n) is 8.09. The molecule has 1 aliphatic heterocycles. The molecule has 0 radical (unpaired) electrons. The maximum absolute atomic E-state index is 3.60. The van der Waals surface area contributed by atoms with E-state index in [0.717, 1.165) is 26.2 Å². The molecule has 0 bridgehead atoms. The molecule has 1 aromatic carbocycles. The third kappa shape index (κ3) is 2.35. The Morgan fingerprint density at radius 2 is 1.71 bits per heavy atom. The first kappa shape index (κ1) is 10.1. The summed E-state index contributed by atoms with van der Waals surface area (Å²) in [4.78, 5) is 0. The van der Waals surface area contributed by atoms with Crippen LogP contribution in [0.4, 0.5) is 0 Å². The van der Waals surface area contributed by atoms with Crippen LogP contribution in [0, 0.1) is 0 Å². The molecule has 2 rings (SSSR count). The van der Waals surface area contributed by atoms with Gasteiger partial charge in [-0.05, 0) is 11.6 Å². The summed E-state index contributed by atoms with van der Waals surface area (Å²) in [5.41, 5.74) is 1.40. The summed E-state index contributed by atoms with van der Waals surface area (Å²) in [6.45, 7) is 4.27. The van der Waals surface area contributed by atoms with Crippen molar-refractivity contribution in [1.29, 1.82) is 0 Å². The summed E-state index contributed by atoms with van der Waals surface area (Å²) in [5, 5.41) is 6.88. The summed E-state index contributed by atoms with van der Waals surface area (Å²) >= 11 is 3.60. The highest BCUT2D eigenvalue weighted by Gasteiger charge is 2.15. The molecule has 1 aliphatic rings. The van der Waals surface area contributed by atoms with Crippen molar-refractivity contribution in [2.45, 2.75) is 5.92 Å². The van der Waals surface area contributed by atoms with Gasteiger partial charge in [-0.15, -0.1) is 0 Å². The molecule has 0 aromatic heterocycles. The van der Waals surface area contributed by atoms with E-state index < -0.39 is 0 Å². The summed E-state index contributed by atoms with van der Waals surface area (Å²) < 4.78 is 1.22. The van der Waals surface area contributed by atoms with Gasteiger partial charge in [-0.1, -0.05) is 34.1 Å². The lowest BCUT2D eigenvalue weighted by atomic mass is 9.99. The first-order valence-corrected chi connectivity index (χ1v) is 5.83. The third-order valence-electron chi connectivity index (χ3n) is 2.61. The topological polar surface area (TPSA) is 24.1 Å². The van der Waals surface area contributed by atoms with Crippen LogP contribution in [0.15, 0.2) is 28.7 Å². The first-order valence-electron chi connectivity index (χ1n) is 5.04. The van der Waals surface area contributed by atoms with Crippen molar-refractivity contribution in [1.82, 2.24) is 10.6 Å². The normalized spacial score (nSPS) is 19.2. The SMILES string of the molecule is Brc1ccccc1C1CNCCNC1. The number of benzene rings is 1. The predicted molar refractivity (Wildman–Crippen MR) is 62.6 cm³/mol. The highest BCUT2D eigenvalue weighted by atomic mass is 79.9. The Morgan fingerprint density at radius 3 is 2.36 bits per heavy atom. The molecule has 2 nitrogen and oxygen atoms in total. The van der Waals surface area contributed by atoms with E-state index in [1.54, 1.807) is 0 Å². The molecule has 2 N–H and O–H groups in total. The molecule has 0 amide bonds. The number of hydrogen-bond acceptors (Lipinski definition) is 2. The summed E-state index contributed by atoms with van der Waals surface area (Å²) in [5.74, 6) is 0.577. The standard InChI is InChI=1S/C11H15BrN2/c12-11-4-2-1-3-10(11)9-7-13-5-6-14-8-9/h1-4,9,13-14H,5-8H2. The Hall–Kier alpha value is -0.380. The van der Waals surface area contributed by atoms with E-state index >= 15 is 0 Å². The number of nitrogens with one attached hydrogen (secondary N) is 2. The smallest absolute Gasteiger partial charge is 0.0211 e. The molecule has 1 fully saturated rings. The maximum atomic E-state index is 3.60. The largest absolute Gasteiger partial charge is 0.315 e. The van der Waals surface area contributed by atoms with Crippen molar-refractivity contribution in [3.63, 3.8) is 0 Å². The molecule has 14 heavy (non-hydrogen) atoms. The number of rotatable bonds is 1. The first-order chi connectivity index (χ1) is 6.88. The van der Waals surface area contributed by atoms with Crippen LogP contribution >= 0.6 is 15.9 Å². The van der Waals surface area contributed by atoms with E-state index in [-0.39, 0.29) is 0 Å². The van der Waals surface area contributed by atoms with Crippen molar-refractivity contribution in [2.24, 2.45) is 0 Å². The number of hydrogen-bond donors (Lipinski definition) is 2. The van der Waals surface area contributed by atoms with Gasteiger partial charge in [0.25, 0.3) is 0 Å². The van der Waals surface area contributed by atoms with Gasteiger partial charge in [0.05, 0.1) is 0 Å². The van der Waals surface area contributed by atoms with Crippen LogP contribution in [0.3, 0.4) is 0 Å². The molecule has 1 heterocycles. The Balaban J connectivity index is 2.16. The Bertz CT molecular complexity index is 293. The average molecular weight is 255 g/mol. The van der Waals surface area contributed by atoms with Crippen LogP contribution < -0.4 is 10.6 Å². The van der Waals surface area contributed by atoms with Gasteiger partial charge < -0.3 is 10.6 Å². The second-order valence-corrected chi connectivity index (χ2v) is 4.48. The van der Waals surface area contributed by atoms with Gasteiger partial charge in [0.1, 0.15) is 0 Å². The quantitative estimate of drug-likeness (QED) is 0.798. The van der Waals surface area contributed by atoms with Crippen LogP contribution in [-0.4, -0.2) is 26.2 Å². The van der Waals surface area contributed by atoms with E-state index in [2.05, 4.69) is 50.8 Å². The van der Waals surface area contributed by atoms with Crippen LogP contribution in [0.1, 0.15) is 11.5 Å². The lowest BCUT2D eigenvalue weighted by Gasteiger charge is -2.16. The Labute approximate surface area is 93.2 Å². The molecule has 0 atom stereocenters. The van der Waals surface area contributed by atoms with Crippen molar-refractivity contribution in [3.05, 3.63) is 34.3 Å². The zero-order valence-corrected chi connectivity index (χ0v) is 9.68. The Kier molecular flexibility index (Phi) is 3.56. The second kappa shape index (κ2) is 4.91. The zero-order chi connectivity index (χ0) is 9.80. The van der Waals surface area contributed by atoms with E-state index in [4.69, 9.17) is 0 Å². The lowest BCUT2D eigenvalue weighted by molar-refractivity contribution is 0.626. The second-order valence-electron chi connectivity index (χ2n) is 3.63. The van der Waals surface area contributed by atoms with Crippen LogP contribution in [-0.2, 0) is 0 Å². The van der Waals surface area contributed by atoms with Crippen LogP contribution in [0.25, 0.3) is 0 Å². The molecule has 0 unspecified atom stereocenters. The summed E-state index contributed by atoms with van der Waals surface area (Å²) in [6.07, 6.45) is 0.